The Morgan fingerprint density at radius 2 is 2.00 bits per heavy atom. The molecule has 0 bridgehead atoms. The molecule has 5 rings (SSSR count). The molecule has 1 aliphatic rings. The van der Waals surface area contributed by atoms with Crippen LogP contribution in [0.1, 0.15) is 16.8 Å². The lowest BCUT2D eigenvalue weighted by Crippen LogP contribution is -2.14. The summed E-state index contributed by atoms with van der Waals surface area (Å²) in [7, 11) is 1.55. The van der Waals surface area contributed by atoms with Gasteiger partial charge in [0.05, 0.1) is 24.0 Å². The van der Waals surface area contributed by atoms with Gasteiger partial charge in [-0.15, -0.1) is 0 Å². The molecule has 0 saturated heterocycles. The number of hydrogen-bond acceptors (Lipinski definition) is 7. The van der Waals surface area contributed by atoms with Crippen molar-refractivity contribution in [2.24, 2.45) is 0 Å². The van der Waals surface area contributed by atoms with Crippen LogP contribution in [0.3, 0.4) is 0 Å². The number of pyridine rings is 1. The number of hydrogen-bond donors (Lipinski definition) is 3. The molecule has 0 fully saturated rings. The molecular weight excluding hydrogens is 366 g/mol. The molecule has 3 aromatic heterocycles. The van der Waals surface area contributed by atoms with Crippen LogP contribution in [-0.4, -0.2) is 32.3 Å². The minimum Gasteiger partial charge on any atom is -0.467 e. The van der Waals surface area contributed by atoms with E-state index in [2.05, 4.69) is 36.9 Å². The Balaban J connectivity index is 1.57. The second kappa shape index (κ2) is 6.90. The third kappa shape index (κ3) is 3.14. The third-order valence-electron chi connectivity index (χ3n) is 4.94. The molecule has 29 heavy (non-hydrogen) atoms. The summed E-state index contributed by atoms with van der Waals surface area (Å²) in [6.07, 6.45) is 7.42. The third-order valence-corrected chi connectivity index (χ3v) is 4.94. The molecule has 3 N–H and O–H groups in total. The Labute approximate surface area is 167 Å². The zero-order valence-electron chi connectivity index (χ0n) is 16.0. The van der Waals surface area contributed by atoms with Gasteiger partial charge in [0.2, 0.25) is 0 Å². The summed E-state index contributed by atoms with van der Waals surface area (Å²) in [5.41, 5.74) is 6.73. The van der Waals surface area contributed by atoms with Crippen LogP contribution in [0.25, 0.3) is 28.2 Å². The summed E-state index contributed by atoms with van der Waals surface area (Å²) >= 11 is 0. The summed E-state index contributed by atoms with van der Waals surface area (Å²) in [6.45, 7) is 2.69. The molecule has 0 spiro atoms. The Kier molecular flexibility index (Phi) is 4.09. The fourth-order valence-electron chi connectivity index (χ4n) is 3.41. The summed E-state index contributed by atoms with van der Waals surface area (Å²) in [4.78, 5) is 13.3. The molecule has 8 nitrogen and oxygen atoms in total. The Hall–Kier alpha value is -3.94. The number of aromatic amines is 1. The van der Waals surface area contributed by atoms with Crippen LogP contribution in [0.5, 0.6) is 6.01 Å². The summed E-state index contributed by atoms with van der Waals surface area (Å²) < 4.78 is 5.05. The number of nitrogens with zero attached hydrogens (tertiary/aromatic N) is 4. The van der Waals surface area contributed by atoms with Gasteiger partial charge in [0, 0.05) is 41.1 Å². The number of aromatic nitrogens is 5. The van der Waals surface area contributed by atoms with Gasteiger partial charge in [0.1, 0.15) is 5.82 Å². The Morgan fingerprint density at radius 3 is 2.83 bits per heavy atom. The first-order valence-electron chi connectivity index (χ1n) is 9.23. The van der Waals surface area contributed by atoms with E-state index in [4.69, 9.17) is 9.72 Å². The van der Waals surface area contributed by atoms with Crippen LogP contribution in [0.15, 0.2) is 42.9 Å². The van der Waals surface area contributed by atoms with Gasteiger partial charge in [-0.2, -0.15) is 5.10 Å². The molecular formula is C21H19N7O. The molecule has 0 amide bonds. The van der Waals surface area contributed by atoms with Crippen molar-refractivity contribution in [3.63, 3.8) is 0 Å². The topological polar surface area (TPSA) is 101 Å². The highest BCUT2D eigenvalue weighted by Gasteiger charge is 2.15. The van der Waals surface area contributed by atoms with Crippen molar-refractivity contribution < 1.29 is 4.74 Å². The lowest BCUT2D eigenvalue weighted by atomic mass is 10.0. The monoisotopic (exact) mass is 385 g/mol. The molecule has 0 radical (unpaired) electrons. The van der Waals surface area contributed by atoms with Gasteiger partial charge in [0.25, 0.3) is 0 Å². The Bertz CT molecular complexity index is 1230. The summed E-state index contributed by atoms with van der Waals surface area (Å²) in [5.74, 6) is 0.792. The average molecular weight is 385 g/mol. The lowest BCUT2D eigenvalue weighted by molar-refractivity contribution is 0.380. The van der Waals surface area contributed by atoms with Crippen LogP contribution >= 0.6 is 0 Å². The minimum atomic E-state index is 0.331. The maximum atomic E-state index is 5.05. The van der Waals surface area contributed by atoms with Crippen LogP contribution < -0.4 is 15.4 Å². The maximum absolute atomic E-state index is 5.05. The van der Waals surface area contributed by atoms with Gasteiger partial charge in [-0.05, 0) is 49.0 Å². The van der Waals surface area contributed by atoms with Crippen LogP contribution in [-0.2, 0) is 6.54 Å². The first-order chi connectivity index (χ1) is 14.2. The minimum absolute atomic E-state index is 0.331. The standard InChI is InChI=1S/C21H19N7O/c1-12-16-4-3-15(8-19(16)28-27-12)25-20-17-11-22-6-5-13(17)7-18(26-20)14-9-23-21(29-2)24-10-14/h3-10,22H,11H2,1-2H3,(H,25,26)(H,27,28). The van der Waals surface area contributed by atoms with E-state index in [1.165, 1.54) is 0 Å². The van der Waals surface area contributed by atoms with Gasteiger partial charge >= 0.3 is 6.01 Å². The zero-order chi connectivity index (χ0) is 19.8. The van der Waals surface area contributed by atoms with Crippen molar-refractivity contribution in [2.45, 2.75) is 13.5 Å². The summed E-state index contributed by atoms with van der Waals surface area (Å²) in [6, 6.07) is 8.51. The van der Waals surface area contributed by atoms with Gasteiger partial charge in [-0.25, -0.2) is 15.0 Å². The number of benzene rings is 1. The van der Waals surface area contributed by atoms with Gasteiger partial charge < -0.3 is 15.4 Å². The predicted molar refractivity (Wildman–Crippen MR) is 112 cm³/mol. The van der Waals surface area contributed by atoms with Crippen molar-refractivity contribution in [1.82, 2.24) is 30.5 Å². The number of H-pyrrole nitrogens is 1. The van der Waals surface area contributed by atoms with E-state index in [0.717, 1.165) is 50.5 Å². The number of ether oxygens (including phenoxy) is 1. The molecule has 1 aliphatic heterocycles. The molecule has 0 aliphatic carbocycles. The first kappa shape index (κ1) is 17.2. The molecule has 144 valence electrons. The van der Waals surface area contributed by atoms with Crippen molar-refractivity contribution in [2.75, 3.05) is 12.4 Å². The highest BCUT2D eigenvalue weighted by atomic mass is 16.5. The van der Waals surface area contributed by atoms with Crippen molar-refractivity contribution in [3.8, 4) is 17.3 Å². The number of aryl methyl sites for hydroxylation is 1. The molecule has 0 unspecified atom stereocenters. The molecule has 0 saturated carbocycles. The van der Waals surface area contributed by atoms with Gasteiger partial charge in [0.15, 0.2) is 0 Å². The number of methoxy groups -OCH3 is 1. The van der Waals surface area contributed by atoms with E-state index < -0.39 is 0 Å². The van der Waals surface area contributed by atoms with E-state index in [9.17, 15) is 0 Å². The molecule has 0 atom stereocenters. The van der Waals surface area contributed by atoms with E-state index in [1.807, 2.05) is 37.4 Å². The smallest absolute Gasteiger partial charge is 0.316 e. The predicted octanol–water partition coefficient (Wildman–Crippen LogP) is 3.55. The largest absolute Gasteiger partial charge is 0.467 e. The van der Waals surface area contributed by atoms with Crippen LogP contribution in [0, 0.1) is 6.92 Å². The fourth-order valence-corrected chi connectivity index (χ4v) is 3.41. The second-order valence-electron chi connectivity index (χ2n) is 6.79. The van der Waals surface area contributed by atoms with Crippen LogP contribution in [0.4, 0.5) is 11.5 Å². The van der Waals surface area contributed by atoms with Gasteiger partial charge in [-0.1, -0.05) is 0 Å². The SMILES string of the molecule is COc1ncc(-c2cc3c(c(Nc4ccc5c(C)n[nH]c5c4)n2)CNC=C3)cn1. The van der Waals surface area contributed by atoms with Crippen molar-refractivity contribution >= 4 is 28.5 Å². The van der Waals surface area contributed by atoms with E-state index in [1.54, 1.807) is 19.5 Å². The van der Waals surface area contributed by atoms with Crippen LogP contribution in [0.2, 0.25) is 0 Å². The number of fused-ring (bicyclic) bond motifs is 2. The van der Waals surface area contributed by atoms with Crippen molar-refractivity contribution in [1.29, 1.82) is 0 Å². The van der Waals surface area contributed by atoms with E-state index in [0.29, 0.717) is 12.6 Å². The molecule has 8 heteroatoms. The lowest BCUT2D eigenvalue weighted by Gasteiger charge is -2.19. The normalized spacial score (nSPS) is 12.5. The maximum Gasteiger partial charge on any atom is 0.316 e. The average Bonchev–Trinajstić information content (AvgIpc) is 3.14. The van der Waals surface area contributed by atoms with Crippen molar-refractivity contribution in [3.05, 3.63) is 59.7 Å². The number of rotatable bonds is 4. The van der Waals surface area contributed by atoms with E-state index >= 15 is 0 Å². The first-order valence-corrected chi connectivity index (χ1v) is 9.23. The second-order valence-corrected chi connectivity index (χ2v) is 6.79. The molecule has 4 aromatic rings. The number of anilines is 2. The molecule has 1 aromatic carbocycles. The highest BCUT2D eigenvalue weighted by molar-refractivity contribution is 5.85. The quantitative estimate of drug-likeness (QED) is 0.494. The highest BCUT2D eigenvalue weighted by Crippen LogP contribution is 2.30. The number of nitrogens with one attached hydrogen (secondary N) is 3. The zero-order valence-corrected chi connectivity index (χ0v) is 16.0. The Morgan fingerprint density at radius 1 is 1.14 bits per heavy atom. The van der Waals surface area contributed by atoms with E-state index in [-0.39, 0.29) is 0 Å². The van der Waals surface area contributed by atoms with Gasteiger partial charge in [-0.3, -0.25) is 5.10 Å². The molecule has 4 heterocycles. The fraction of sp³-hybridized carbons (Fsp3) is 0.143. The summed E-state index contributed by atoms with van der Waals surface area (Å²) in [5, 5.41) is 15.2.